The number of hydrogen-bond acceptors (Lipinski definition) is 3. The van der Waals surface area contributed by atoms with Crippen LogP contribution in [0.5, 0.6) is 0 Å². The van der Waals surface area contributed by atoms with Crippen molar-refractivity contribution in [2.24, 2.45) is 5.92 Å². The Morgan fingerprint density at radius 3 is 2.52 bits per heavy atom. The summed E-state index contributed by atoms with van der Waals surface area (Å²) >= 11 is 0. The van der Waals surface area contributed by atoms with Gasteiger partial charge < -0.3 is 14.4 Å². The summed E-state index contributed by atoms with van der Waals surface area (Å²) in [6, 6.07) is 1.66. The molecule has 1 amide bonds. The lowest BCUT2D eigenvalue weighted by Gasteiger charge is -2.22. The van der Waals surface area contributed by atoms with Crippen molar-refractivity contribution in [1.82, 2.24) is 4.90 Å². The maximum Gasteiger partial charge on any atom is 0.339 e. The fraction of sp³-hybridized carbons (Fsp3) is 0.625. The van der Waals surface area contributed by atoms with Gasteiger partial charge in [0.1, 0.15) is 11.3 Å². The summed E-state index contributed by atoms with van der Waals surface area (Å²) in [4.78, 5) is 25.6. The molecule has 5 heteroatoms. The number of carbonyl (C=O) groups is 2. The highest BCUT2D eigenvalue weighted by Crippen LogP contribution is 2.30. The topological polar surface area (TPSA) is 70.8 Å². The number of carboxylic acids is 1. The van der Waals surface area contributed by atoms with Crippen molar-refractivity contribution < 1.29 is 19.1 Å². The Hall–Kier alpha value is -1.78. The lowest BCUT2D eigenvalue weighted by atomic mass is 10.1. The first-order chi connectivity index (χ1) is 9.93. The molecule has 1 saturated carbocycles. The van der Waals surface area contributed by atoms with Crippen LogP contribution in [-0.2, 0) is 6.42 Å². The van der Waals surface area contributed by atoms with Gasteiger partial charge in [0.05, 0.1) is 0 Å². The summed E-state index contributed by atoms with van der Waals surface area (Å²) in [7, 11) is 0. The van der Waals surface area contributed by atoms with Crippen molar-refractivity contribution in [3.8, 4) is 0 Å². The quantitative estimate of drug-likeness (QED) is 0.838. The van der Waals surface area contributed by atoms with Crippen LogP contribution in [0.3, 0.4) is 0 Å². The van der Waals surface area contributed by atoms with Gasteiger partial charge in [-0.25, -0.2) is 4.79 Å². The van der Waals surface area contributed by atoms with E-state index in [-0.39, 0.29) is 17.2 Å². The second-order valence-electron chi connectivity index (χ2n) is 6.02. The van der Waals surface area contributed by atoms with E-state index in [1.54, 1.807) is 0 Å². The van der Waals surface area contributed by atoms with Crippen LogP contribution in [0.25, 0.3) is 0 Å². The number of amides is 1. The third-order valence-corrected chi connectivity index (χ3v) is 3.77. The number of furan rings is 1. The maximum absolute atomic E-state index is 12.6. The lowest BCUT2D eigenvalue weighted by molar-refractivity contribution is 0.0686. The molecule has 0 unspecified atom stereocenters. The minimum Gasteiger partial charge on any atom is -0.478 e. The van der Waals surface area contributed by atoms with E-state index < -0.39 is 5.97 Å². The molecule has 116 valence electrons. The van der Waals surface area contributed by atoms with Gasteiger partial charge >= 0.3 is 5.97 Å². The average Bonchev–Trinajstić information content (AvgIpc) is 3.16. The molecule has 1 aromatic heterocycles. The average molecular weight is 293 g/mol. The van der Waals surface area contributed by atoms with Crippen LogP contribution >= 0.6 is 0 Å². The first-order valence-electron chi connectivity index (χ1n) is 7.61. The minimum absolute atomic E-state index is 0.0976. The van der Waals surface area contributed by atoms with E-state index in [0.717, 1.165) is 19.3 Å². The normalized spacial score (nSPS) is 14.5. The Balaban J connectivity index is 2.18. The van der Waals surface area contributed by atoms with Crippen molar-refractivity contribution in [1.29, 1.82) is 0 Å². The summed E-state index contributed by atoms with van der Waals surface area (Å²) in [5.41, 5.74) is 0.0976. The third-order valence-electron chi connectivity index (χ3n) is 3.77. The largest absolute Gasteiger partial charge is 0.478 e. The molecule has 1 heterocycles. The summed E-state index contributed by atoms with van der Waals surface area (Å²) < 4.78 is 5.48. The second kappa shape index (κ2) is 6.33. The molecule has 0 radical (unpaired) electrons. The molecule has 0 bridgehead atoms. The predicted octanol–water partition coefficient (Wildman–Crippen LogP) is 3.19. The molecule has 1 aliphatic carbocycles. The first-order valence-corrected chi connectivity index (χ1v) is 7.61. The van der Waals surface area contributed by atoms with Gasteiger partial charge in [0, 0.05) is 25.1 Å². The highest BCUT2D eigenvalue weighted by atomic mass is 16.4. The molecule has 0 saturated heterocycles. The molecular formula is C16H23NO4. The van der Waals surface area contributed by atoms with E-state index in [9.17, 15) is 9.59 Å². The van der Waals surface area contributed by atoms with Gasteiger partial charge in [0.25, 0.3) is 5.91 Å². The molecule has 0 aromatic carbocycles. The Morgan fingerprint density at radius 2 is 2.10 bits per heavy atom. The SMILES string of the molecule is CCc1oc(C(=O)N(CCC(C)C)C2CC2)cc1C(=O)O. The van der Waals surface area contributed by atoms with Gasteiger partial charge in [-0.05, 0) is 25.2 Å². The number of aryl methyl sites for hydroxylation is 1. The van der Waals surface area contributed by atoms with Crippen LogP contribution in [0.15, 0.2) is 10.5 Å². The molecular weight excluding hydrogens is 270 g/mol. The van der Waals surface area contributed by atoms with Crippen LogP contribution in [-0.4, -0.2) is 34.5 Å². The van der Waals surface area contributed by atoms with Crippen molar-refractivity contribution in [2.75, 3.05) is 6.54 Å². The summed E-state index contributed by atoms with van der Waals surface area (Å²) in [6.45, 7) is 6.77. The first kappa shape index (κ1) is 15.6. The van der Waals surface area contributed by atoms with E-state index in [2.05, 4.69) is 13.8 Å². The van der Waals surface area contributed by atoms with Crippen LogP contribution in [0, 0.1) is 5.92 Å². The zero-order valence-corrected chi connectivity index (χ0v) is 12.9. The molecule has 0 spiro atoms. The van der Waals surface area contributed by atoms with Gasteiger partial charge in [-0.15, -0.1) is 0 Å². The van der Waals surface area contributed by atoms with Crippen LogP contribution in [0.4, 0.5) is 0 Å². The molecule has 5 nitrogen and oxygen atoms in total. The summed E-state index contributed by atoms with van der Waals surface area (Å²) in [5, 5.41) is 9.14. The fourth-order valence-electron chi connectivity index (χ4n) is 2.35. The highest BCUT2D eigenvalue weighted by molar-refractivity contribution is 5.96. The van der Waals surface area contributed by atoms with Crippen LogP contribution in [0.1, 0.15) is 66.7 Å². The molecule has 0 aliphatic heterocycles. The Kier molecular flexibility index (Phi) is 4.70. The van der Waals surface area contributed by atoms with Crippen LogP contribution < -0.4 is 0 Å². The van der Waals surface area contributed by atoms with Gasteiger partial charge in [-0.2, -0.15) is 0 Å². The standard InChI is InChI=1S/C16H23NO4/c1-4-13-12(16(19)20)9-14(21-13)15(18)17(11-5-6-11)8-7-10(2)3/h9-11H,4-8H2,1-3H3,(H,19,20). The monoisotopic (exact) mass is 293 g/mol. The number of carboxylic acid groups (broad SMARTS) is 1. The zero-order chi connectivity index (χ0) is 15.6. The van der Waals surface area contributed by atoms with Crippen molar-refractivity contribution in [3.05, 3.63) is 23.2 Å². The minimum atomic E-state index is -1.05. The zero-order valence-electron chi connectivity index (χ0n) is 12.9. The highest BCUT2D eigenvalue weighted by Gasteiger charge is 2.34. The molecule has 1 aliphatic rings. The Morgan fingerprint density at radius 1 is 1.43 bits per heavy atom. The lowest BCUT2D eigenvalue weighted by Crippen LogP contribution is -2.34. The molecule has 2 rings (SSSR count). The van der Waals surface area contributed by atoms with Crippen molar-refractivity contribution in [3.63, 3.8) is 0 Å². The van der Waals surface area contributed by atoms with E-state index in [4.69, 9.17) is 9.52 Å². The number of nitrogens with zero attached hydrogens (tertiary/aromatic N) is 1. The number of hydrogen-bond donors (Lipinski definition) is 1. The van der Waals surface area contributed by atoms with Gasteiger partial charge in [0.2, 0.25) is 0 Å². The molecule has 1 aromatic rings. The van der Waals surface area contributed by atoms with Gasteiger partial charge in [-0.1, -0.05) is 20.8 Å². The molecule has 21 heavy (non-hydrogen) atoms. The fourth-order valence-corrected chi connectivity index (χ4v) is 2.35. The van der Waals surface area contributed by atoms with Crippen molar-refractivity contribution in [2.45, 2.75) is 52.5 Å². The smallest absolute Gasteiger partial charge is 0.339 e. The van der Waals surface area contributed by atoms with E-state index in [0.29, 0.717) is 30.7 Å². The molecule has 1 N–H and O–H groups in total. The number of aromatic carboxylic acids is 1. The summed E-state index contributed by atoms with van der Waals surface area (Å²) in [5.74, 6) is -0.183. The molecule has 0 atom stereocenters. The number of rotatable bonds is 7. The van der Waals surface area contributed by atoms with Gasteiger partial charge in [-0.3, -0.25) is 4.79 Å². The maximum atomic E-state index is 12.6. The third kappa shape index (κ3) is 3.65. The van der Waals surface area contributed by atoms with Crippen LogP contribution in [0.2, 0.25) is 0 Å². The number of carbonyl (C=O) groups excluding carboxylic acids is 1. The van der Waals surface area contributed by atoms with E-state index in [1.165, 1.54) is 6.07 Å². The Labute approximate surface area is 124 Å². The van der Waals surface area contributed by atoms with Crippen molar-refractivity contribution >= 4 is 11.9 Å². The molecule has 1 fully saturated rings. The van der Waals surface area contributed by atoms with E-state index >= 15 is 0 Å². The second-order valence-corrected chi connectivity index (χ2v) is 6.02. The van der Waals surface area contributed by atoms with E-state index in [1.807, 2.05) is 11.8 Å². The Bertz CT molecular complexity index is 528. The van der Waals surface area contributed by atoms with Gasteiger partial charge in [0.15, 0.2) is 5.76 Å². The summed E-state index contributed by atoms with van der Waals surface area (Å²) in [6.07, 6.45) is 3.45. The predicted molar refractivity (Wildman–Crippen MR) is 78.6 cm³/mol.